The van der Waals surface area contributed by atoms with Crippen LogP contribution >= 0.6 is 11.6 Å². The molecular weight excluding hydrogens is 462 g/mol. The summed E-state index contributed by atoms with van der Waals surface area (Å²) in [4.78, 5) is 49.2. The molecule has 10 heteroatoms. The third-order valence-corrected chi connectivity index (χ3v) is 5.32. The number of furan rings is 1. The van der Waals surface area contributed by atoms with Crippen molar-refractivity contribution in [1.82, 2.24) is 10.2 Å². The standard InChI is InChI=1S/C24H18ClN3O6/c1-13-2-5-15(6-3-13)26-21(29)12-28-22(30)19(27-24(28)33)11-16-7-9-20(34-16)17-10-14(23(31)32)4-8-18(17)25/h2-11H,12H2,1H3,(H,26,29)(H,27,33)(H,31,32)/b19-11+. The van der Waals surface area contributed by atoms with Crippen LogP contribution in [0.5, 0.6) is 0 Å². The van der Waals surface area contributed by atoms with Crippen molar-refractivity contribution in [3.8, 4) is 11.3 Å². The van der Waals surface area contributed by atoms with Crippen LogP contribution in [0.2, 0.25) is 5.02 Å². The molecule has 0 bridgehead atoms. The Morgan fingerprint density at radius 1 is 1.12 bits per heavy atom. The molecule has 0 saturated carbocycles. The van der Waals surface area contributed by atoms with Crippen LogP contribution in [-0.4, -0.2) is 40.4 Å². The molecule has 2 heterocycles. The lowest BCUT2D eigenvalue weighted by molar-refractivity contribution is -0.127. The summed E-state index contributed by atoms with van der Waals surface area (Å²) in [6, 6.07) is 13.6. The molecule has 4 rings (SSSR count). The predicted octanol–water partition coefficient (Wildman–Crippen LogP) is 4.14. The second-order valence-electron chi connectivity index (χ2n) is 7.50. The van der Waals surface area contributed by atoms with Gasteiger partial charge in [0.1, 0.15) is 23.8 Å². The second kappa shape index (κ2) is 9.24. The molecule has 0 spiro atoms. The average Bonchev–Trinajstić information content (AvgIpc) is 3.35. The van der Waals surface area contributed by atoms with Crippen molar-refractivity contribution in [1.29, 1.82) is 0 Å². The number of amides is 4. The van der Waals surface area contributed by atoms with Gasteiger partial charge in [-0.05, 0) is 49.4 Å². The normalized spacial score (nSPS) is 14.4. The molecule has 0 atom stereocenters. The van der Waals surface area contributed by atoms with E-state index in [4.69, 9.17) is 16.0 Å². The van der Waals surface area contributed by atoms with Crippen LogP contribution in [0.3, 0.4) is 0 Å². The third-order valence-electron chi connectivity index (χ3n) is 4.99. The molecule has 4 amide bonds. The Balaban J connectivity index is 1.48. The number of carboxylic acid groups (broad SMARTS) is 1. The van der Waals surface area contributed by atoms with Gasteiger partial charge in [0.25, 0.3) is 5.91 Å². The Kier molecular flexibility index (Phi) is 6.20. The van der Waals surface area contributed by atoms with Crippen LogP contribution in [0.4, 0.5) is 10.5 Å². The number of carbonyl (C=O) groups excluding carboxylic acids is 3. The fourth-order valence-corrected chi connectivity index (χ4v) is 3.47. The van der Waals surface area contributed by atoms with E-state index >= 15 is 0 Å². The molecule has 1 aromatic heterocycles. The number of nitrogens with one attached hydrogen (secondary N) is 2. The van der Waals surface area contributed by atoms with Gasteiger partial charge in [-0.3, -0.25) is 9.59 Å². The lowest BCUT2D eigenvalue weighted by Gasteiger charge is -2.12. The zero-order valence-corrected chi connectivity index (χ0v) is 18.6. The maximum atomic E-state index is 12.7. The van der Waals surface area contributed by atoms with E-state index in [1.165, 1.54) is 30.3 Å². The third kappa shape index (κ3) is 4.84. The number of urea groups is 1. The van der Waals surface area contributed by atoms with Gasteiger partial charge in [0.2, 0.25) is 5.91 Å². The number of nitrogens with zero attached hydrogens (tertiary/aromatic N) is 1. The number of carbonyl (C=O) groups is 4. The number of anilines is 1. The Bertz CT molecular complexity index is 1340. The van der Waals surface area contributed by atoms with Crippen LogP contribution in [0, 0.1) is 6.92 Å². The highest BCUT2D eigenvalue weighted by Crippen LogP contribution is 2.31. The van der Waals surface area contributed by atoms with E-state index in [2.05, 4.69) is 10.6 Å². The summed E-state index contributed by atoms with van der Waals surface area (Å²) < 4.78 is 5.68. The van der Waals surface area contributed by atoms with Crippen LogP contribution in [-0.2, 0) is 9.59 Å². The monoisotopic (exact) mass is 479 g/mol. The molecule has 2 aromatic carbocycles. The van der Waals surface area contributed by atoms with Gasteiger partial charge in [-0.2, -0.15) is 0 Å². The Morgan fingerprint density at radius 2 is 1.85 bits per heavy atom. The Morgan fingerprint density at radius 3 is 2.56 bits per heavy atom. The van der Waals surface area contributed by atoms with E-state index < -0.39 is 30.4 Å². The van der Waals surface area contributed by atoms with E-state index in [9.17, 15) is 24.3 Å². The van der Waals surface area contributed by atoms with Crippen molar-refractivity contribution in [3.05, 3.63) is 82.2 Å². The number of aryl methyl sites for hydroxylation is 1. The fourth-order valence-electron chi connectivity index (χ4n) is 3.26. The van der Waals surface area contributed by atoms with E-state index in [0.717, 1.165) is 10.5 Å². The summed E-state index contributed by atoms with van der Waals surface area (Å²) in [5, 5.41) is 14.5. The van der Waals surface area contributed by atoms with Crippen LogP contribution in [0.1, 0.15) is 21.7 Å². The molecule has 34 heavy (non-hydrogen) atoms. The van der Waals surface area contributed by atoms with Gasteiger partial charge < -0.3 is 20.2 Å². The molecule has 0 unspecified atom stereocenters. The molecule has 1 aliphatic rings. The number of rotatable bonds is 6. The highest BCUT2D eigenvalue weighted by atomic mass is 35.5. The van der Waals surface area contributed by atoms with E-state index in [1.807, 2.05) is 19.1 Å². The van der Waals surface area contributed by atoms with Crippen molar-refractivity contribution in [2.75, 3.05) is 11.9 Å². The average molecular weight is 480 g/mol. The molecule has 3 N–H and O–H groups in total. The van der Waals surface area contributed by atoms with E-state index in [0.29, 0.717) is 11.3 Å². The first-order valence-electron chi connectivity index (χ1n) is 10.1. The molecule has 1 fully saturated rings. The number of carboxylic acids is 1. The van der Waals surface area contributed by atoms with Crippen molar-refractivity contribution >= 4 is 47.2 Å². The topological polar surface area (TPSA) is 129 Å². The number of halogens is 1. The maximum absolute atomic E-state index is 12.7. The van der Waals surface area contributed by atoms with Gasteiger partial charge in [0, 0.05) is 17.3 Å². The first kappa shape index (κ1) is 22.8. The molecule has 0 aliphatic carbocycles. The Hall–Kier alpha value is -4.37. The summed E-state index contributed by atoms with van der Waals surface area (Å²) >= 11 is 6.17. The predicted molar refractivity (Wildman–Crippen MR) is 124 cm³/mol. The van der Waals surface area contributed by atoms with Gasteiger partial charge in [-0.15, -0.1) is 0 Å². The number of imide groups is 1. The molecule has 0 radical (unpaired) electrons. The van der Waals surface area contributed by atoms with Crippen LogP contribution < -0.4 is 10.6 Å². The minimum Gasteiger partial charge on any atom is -0.478 e. The number of hydrogen-bond donors (Lipinski definition) is 3. The zero-order chi connectivity index (χ0) is 24.4. The van der Waals surface area contributed by atoms with E-state index in [-0.39, 0.29) is 27.8 Å². The molecular formula is C24H18ClN3O6. The number of benzene rings is 2. The van der Waals surface area contributed by atoms with Gasteiger partial charge in [0.05, 0.1) is 10.6 Å². The van der Waals surface area contributed by atoms with Crippen molar-refractivity contribution in [3.63, 3.8) is 0 Å². The van der Waals surface area contributed by atoms with Crippen molar-refractivity contribution in [2.45, 2.75) is 6.92 Å². The molecule has 1 aliphatic heterocycles. The summed E-state index contributed by atoms with van der Waals surface area (Å²) in [5.41, 5.74) is 1.90. The lowest BCUT2D eigenvalue weighted by atomic mass is 10.1. The minimum atomic E-state index is -1.11. The molecule has 9 nitrogen and oxygen atoms in total. The van der Waals surface area contributed by atoms with Gasteiger partial charge in [-0.1, -0.05) is 29.3 Å². The lowest BCUT2D eigenvalue weighted by Crippen LogP contribution is -2.38. The second-order valence-corrected chi connectivity index (χ2v) is 7.90. The van der Waals surface area contributed by atoms with Gasteiger partial charge >= 0.3 is 12.0 Å². The summed E-state index contributed by atoms with van der Waals surface area (Å²) in [6.45, 7) is 1.45. The van der Waals surface area contributed by atoms with Crippen LogP contribution in [0.25, 0.3) is 17.4 Å². The van der Waals surface area contributed by atoms with Crippen LogP contribution in [0.15, 0.2) is 64.7 Å². The first-order valence-corrected chi connectivity index (χ1v) is 10.4. The number of aromatic carboxylic acids is 1. The summed E-state index contributed by atoms with van der Waals surface area (Å²) in [5.74, 6) is -1.82. The van der Waals surface area contributed by atoms with Crippen molar-refractivity contribution < 1.29 is 28.7 Å². The highest BCUT2D eigenvalue weighted by molar-refractivity contribution is 6.33. The summed E-state index contributed by atoms with van der Waals surface area (Å²) in [6.07, 6.45) is 1.32. The fraction of sp³-hybridized carbons (Fsp3) is 0.0833. The highest BCUT2D eigenvalue weighted by Gasteiger charge is 2.35. The smallest absolute Gasteiger partial charge is 0.335 e. The Labute approximate surface area is 198 Å². The summed E-state index contributed by atoms with van der Waals surface area (Å²) in [7, 11) is 0. The SMILES string of the molecule is Cc1ccc(NC(=O)CN2C(=O)N/C(=C/c3ccc(-c4cc(C(=O)O)ccc4Cl)o3)C2=O)cc1. The maximum Gasteiger partial charge on any atom is 0.335 e. The number of hydrogen-bond acceptors (Lipinski definition) is 5. The quantitative estimate of drug-likeness (QED) is 0.360. The van der Waals surface area contributed by atoms with E-state index in [1.54, 1.807) is 18.2 Å². The largest absolute Gasteiger partial charge is 0.478 e. The molecule has 3 aromatic rings. The molecule has 1 saturated heterocycles. The molecule has 172 valence electrons. The van der Waals surface area contributed by atoms with Gasteiger partial charge in [-0.25, -0.2) is 14.5 Å². The first-order chi connectivity index (χ1) is 16.2. The van der Waals surface area contributed by atoms with Gasteiger partial charge in [0.15, 0.2) is 0 Å². The minimum absolute atomic E-state index is 0.0356. The van der Waals surface area contributed by atoms with Crippen molar-refractivity contribution in [2.24, 2.45) is 0 Å². The zero-order valence-electron chi connectivity index (χ0n) is 17.8.